The van der Waals surface area contributed by atoms with Gasteiger partial charge in [0.2, 0.25) is 0 Å². The van der Waals surface area contributed by atoms with Crippen molar-refractivity contribution in [2.75, 3.05) is 5.32 Å². The van der Waals surface area contributed by atoms with Crippen LogP contribution in [0.1, 0.15) is 5.56 Å². The number of aromatic nitrogens is 2. The van der Waals surface area contributed by atoms with Gasteiger partial charge in [-0.05, 0) is 40.1 Å². The highest BCUT2D eigenvalue weighted by Gasteiger charge is 2.16. The van der Waals surface area contributed by atoms with E-state index in [4.69, 9.17) is 11.6 Å². The normalized spacial score (nSPS) is 11.1. The molecule has 4 heteroatoms. The van der Waals surface area contributed by atoms with Gasteiger partial charge >= 0.3 is 0 Å². The minimum absolute atomic E-state index is 0.598. The number of hydrogen-bond donors (Lipinski definition) is 1. The summed E-state index contributed by atoms with van der Waals surface area (Å²) in [4.78, 5) is 0. The lowest BCUT2D eigenvalue weighted by molar-refractivity contribution is 1.08. The predicted octanol–water partition coefficient (Wildman–Crippen LogP) is 8.38. The summed E-state index contributed by atoms with van der Waals surface area (Å²) >= 11 is 6.50. The van der Waals surface area contributed by atoms with E-state index in [1.165, 1.54) is 16.3 Å². The second-order valence-electron chi connectivity index (χ2n) is 8.50. The number of rotatable bonds is 5. The highest BCUT2D eigenvalue weighted by Crippen LogP contribution is 2.38. The van der Waals surface area contributed by atoms with Crippen molar-refractivity contribution in [1.29, 1.82) is 0 Å². The topological polar surface area (TPSA) is 37.8 Å². The largest absolute Gasteiger partial charge is 0.381 e. The van der Waals surface area contributed by atoms with Crippen molar-refractivity contribution < 1.29 is 0 Å². The van der Waals surface area contributed by atoms with Crippen LogP contribution in [0, 0.1) is 0 Å². The molecule has 0 unspecified atom stereocenters. The predicted molar refractivity (Wildman–Crippen MR) is 147 cm³/mol. The van der Waals surface area contributed by atoms with Gasteiger partial charge in [0.25, 0.3) is 0 Å². The molecule has 0 aliphatic heterocycles. The summed E-state index contributed by atoms with van der Waals surface area (Å²) in [6.45, 7) is 0.734. The van der Waals surface area contributed by atoms with Crippen molar-refractivity contribution in [3.05, 3.63) is 126 Å². The number of fused-ring (bicyclic) bond motifs is 2. The molecule has 3 nitrogen and oxygen atoms in total. The lowest BCUT2D eigenvalue weighted by Gasteiger charge is -2.15. The van der Waals surface area contributed by atoms with Crippen molar-refractivity contribution in [2.24, 2.45) is 0 Å². The lowest BCUT2D eigenvalue weighted by Crippen LogP contribution is -2.01. The molecule has 168 valence electrons. The number of hydrogen-bond acceptors (Lipinski definition) is 3. The van der Waals surface area contributed by atoms with Gasteiger partial charge in [-0.2, -0.15) is 0 Å². The Bertz CT molecular complexity index is 1660. The minimum atomic E-state index is 0.598. The first kappa shape index (κ1) is 21.3. The molecule has 0 radical (unpaired) electrons. The van der Waals surface area contributed by atoms with Gasteiger partial charge in [-0.25, -0.2) is 0 Å². The number of benzene rings is 5. The molecule has 0 aliphatic rings. The Kier molecular flexibility index (Phi) is 5.61. The third-order valence-electron chi connectivity index (χ3n) is 6.30. The quantitative estimate of drug-likeness (QED) is 0.274. The zero-order valence-corrected chi connectivity index (χ0v) is 19.7. The molecule has 0 spiro atoms. The molecule has 1 aromatic heterocycles. The number of nitrogens with one attached hydrogen (secondary N) is 1. The van der Waals surface area contributed by atoms with Gasteiger partial charge in [0, 0.05) is 28.7 Å². The van der Waals surface area contributed by atoms with Crippen molar-refractivity contribution in [1.82, 2.24) is 10.2 Å². The Morgan fingerprint density at radius 3 is 2.26 bits per heavy atom. The van der Waals surface area contributed by atoms with E-state index in [9.17, 15) is 0 Å². The van der Waals surface area contributed by atoms with Crippen LogP contribution in [0.5, 0.6) is 0 Å². The Morgan fingerprint density at radius 2 is 1.34 bits per heavy atom. The highest BCUT2D eigenvalue weighted by atomic mass is 35.5. The molecule has 0 saturated carbocycles. The molecule has 1 heterocycles. The van der Waals surface area contributed by atoms with Crippen LogP contribution in [-0.2, 0) is 6.54 Å². The second kappa shape index (κ2) is 9.21. The zero-order chi connectivity index (χ0) is 23.6. The van der Waals surface area contributed by atoms with Crippen LogP contribution in [0.2, 0.25) is 5.02 Å². The van der Waals surface area contributed by atoms with Crippen molar-refractivity contribution >= 4 is 39.0 Å². The van der Waals surface area contributed by atoms with Crippen LogP contribution in [0.4, 0.5) is 5.69 Å². The minimum Gasteiger partial charge on any atom is -0.381 e. The molecule has 6 rings (SSSR count). The SMILES string of the molecule is Clc1cccc2c(-c3cccc(NCc4cccc5ccccc45)c3)c(-c3ccccc3)nnc12. The molecule has 0 saturated heterocycles. The molecule has 0 amide bonds. The van der Waals surface area contributed by atoms with E-state index in [0.29, 0.717) is 10.5 Å². The van der Waals surface area contributed by atoms with Crippen LogP contribution in [0.15, 0.2) is 115 Å². The fourth-order valence-electron chi connectivity index (χ4n) is 4.62. The molecule has 5 aromatic carbocycles. The zero-order valence-electron chi connectivity index (χ0n) is 18.9. The summed E-state index contributed by atoms with van der Waals surface area (Å²) in [7, 11) is 0. The van der Waals surface area contributed by atoms with Crippen molar-refractivity contribution in [2.45, 2.75) is 6.54 Å². The first-order valence-corrected chi connectivity index (χ1v) is 12.0. The van der Waals surface area contributed by atoms with Gasteiger partial charge in [0.1, 0.15) is 11.2 Å². The molecule has 0 atom stereocenters. The maximum atomic E-state index is 6.50. The first-order chi connectivity index (χ1) is 17.3. The lowest BCUT2D eigenvalue weighted by atomic mass is 9.95. The van der Waals surface area contributed by atoms with Crippen LogP contribution >= 0.6 is 11.6 Å². The molecule has 6 aromatic rings. The molecule has 0 bridgehead atoms. The molecule has 0 aliphatic carbocycles. The Balaban J connectivity index is 1.43. The fourth-order valence-corrected chi connectivity index (χ4v) is 4.83. The summed E-state index contributed by atoms with van der Waals surface area (Å²) in [5.41, 5.74) is 6.96. The smallest absolute Gasteiger partial charge is 0.112 e. The summed E-state index contributed by atoms with van der Waals surface area (Å²) in [6.07, 6.45) is 0. The molecular formula is C31H22ClN3. The summed E-state index contributed by atoms with van der Waals surface area (Å²) in [5, 5.41) is 16.8. The van der Waals surface area contributed by atoms with E-state index in [-0.39, 0.29) is 0 Å². The summed E-state index contributed by atoms with van der Waals surface area (Å²) in [5.74, 6) is 0. The average Bonchev–Trinajstić information content (AvgIpc) is 2.92. The van der Waals surface area contributed by atoms with E-state index < -0.39 is 0 Å². The van der Waals surface area contributed by atoms with E-state index in [1.54, 1.807) is 0 Å². The Labute approximate surface area is 209 Å². The third kappa shape index (κ3) is 4.11. The molecule has 0 fully saturated rings. The first-order valence-electron chi connectivity index (χ1n) is 11.6. The van der Waals surface area contributed by atoms with E-state index in [1.807, 2.05) is 30.3 Å². The van der Waals surface area contributed by atoms with Gasteiger partial charge in [-0.15, -0.1) is 10.2 Å². The van der Waals surface area contributed by atoms with Crippen molar-refractivity contribution in [3.8, 4) is 22.4 Å². The second-order valence-corrected chi connectivity index (χ2v) is 8.91. The average molecular weight is 472 g/mol. The Hall–Kier alpha value is -4.21. The monoisotopic (exact) mass is 471 g/mol. The van der Waals surface area contributed by atoms with Crippen LogP contribution in [0.3, 0.4) is 0 Å². The summed E-state index contributed by atoms with van der Waals surface area (Å²) in [6, 6.07) is 39.4. The molecular weight excluding hydrogens is 450 g/mol. The van der Waals surface area contributed by atoms with E-state index in [0.717, 1.165) is 40.0 Å². The van der Waals surface area contributed by atoms with Crippen LogP contribution < -0.4 is 5.32 Å². The van der Waals surface area contributed by atoms with Gasteiger partial charge < -0.3 is 5.32 Å². The van der Waals surface area contributed by atoms with Gasteiger partial charge in [-0.3, -0.25) is 0 Å². The molecule has 35 heavy (non-hydrogen) atoms. The van der Waals surface area contributed by atoms with Gasteiger partial charge in [0.05, 0.1) is 5.02 Å². The van der Waals surface area contributed by atoms with E-state index >= 15 is 0 Å². The van der Waals surface area contributed by atoms with Gasteiger partial charge in [-0.1, -0.05) is 109 Å². The fraction of sp³-hybridized carbons (Fsp3) is 0.0323. The van der Waals surface area contributed by atoms with E-state index in [2.05, 4.69) is 100 Å². The third-order valence-corrected chi connectivity index (χ3v) is 6.61. The highest BCUT2D eigenvalue weighted by molar-refractivity contribution is 6.35. The van der Waals surface area contributed by atoms with Crippen molar-refractivity contribution in [3.63, 3.8) is 0 Å². The van der Waals surface area contributed by atoms with Crippen LogP contribution in [-0.4, -0.2) is 10.2 Å². The number of nitrogens with zero attached hydrogens (tertiary/aromatic N) is 2. The number of halogens is 1. The maximum absolute atomic E-state index is 6.50. The standard InChI is InChI=1S/C31H22ClN3/c32-28-18-8-17-27-29(30(34-35-31(27)28)22-10-2-1-3-11-22)23-13-7-15-25(19-23)33-20-24-14-6-12-21-9-4-5-16-26(21)24/h1-19,33H,20H2. The van der Waals surface area contributed by atoms with Crippen LogP contribution in [0.25, 0.3) is 44.1 Å². The number of anilines is 1. The van der Waals surface area contributed by atoms with Gasteiger partial charge in [0.15, 0.2) is 0 Å². The maximum Gasteiger partial charge on any atom is 0.112 e. The molecule has 1 N–H and O–H groups in total. The Morgan fingerprint density at radius 1 is 0.629 bits per heavy atom. The summed E-state index contributed by atoms with van der Waals surface area (Å²) < 4.78 is 0.